The number of nitrogens with one attached hydrogen (secondary N) is 2. The van der Waals surface area contributed by atoms with Crippen LogP contribution >= 0.6 is 0 Å². The normalized spacial score (nSPS) is 11.1. The topological polar surface area (TPSA) is 57.8 Å². The van der Waals surface area contributed by atoms with Gasteiger partial charge in [0.25, 0.3) is 0 Å². The van der Waals surface area contributed by atoms with E-state index in [1.807, 2.05) is 6.92 Å². The van der Waals surface area contributed by atoms with Gasteiger partial charge < -0.3 is 15.1 Å². The molecular weight excluding hydrogens is 238 g/mol. The van der Waals surface area contributed by atoms with Gasteiger partial charge in [-0.3, -0.25) is 0 Å². The molecule has 0 radical (unpaired) electrons. The molecule has 0 aliphatic carbocycles. The largest absolute Gasteiger partial charge is 0.342 e. The standard InChI is InChI=1S/C15H21N3O/c1-11(19)4-3-8-16-9-7-13-5-6-14-15(10-13)18-12(2)17-14/h5-6,10,16H,3-4,7-9H2,1-2H3,(H,17,18). The van der Waals surface area contributed by atoms with Crippen LogP contribution in [-0.2, 0) is 11.2 Å². The third kappa shape index (κ3) is 4.17. The van der Waals surface area contributed by atoms with Crippen LogP contribution in [0.3, 0.4) is 0 Å². The van der Waals surface area contributed by atoms with E-state index in [0.717, 1.165) is 42.8 Å². The van der Waals surface area contributed by atoms with E-state index < -0.39 is 0 Å². The molecule has 4 nitrogen and oxygen atoms in total. The average molecular weight is 259 g/mol. The molecule has 0 spiro atoms. The Morgan fingerprint density at radius 1 is 1.37 bits per heavy atom. The Labute approximate surface area is 113 Å². The number of carbonyl (C=O) groups is 1. The van der Waals surface area contributed by atoms with E-state index in [9.17, 15) is 4.79 Å². The number of imidazole rings is 1. The Morgan fingerprint density at radius 2 is 2.21 bits per heavy atom. The minimum atomic E-state index is 0.266. The zero-order valence-corrected chi connectivity index (χ0v) is 11.6. The zero-order valence-electron chi connectivity index (χ0n) is 11.6. The molecule has 19 heavy (non-hydrogen) atoms. The fraction of sp³-hybridized carbons (Fsp3) is 0.467. The van der Waals surface area contributed by atoms with Gasteiger partial charge in [-0.15, -0.1) is 0 Å². The van der Waals surface area contributed by atoms with Crippen molar-refractivity contribution in [3.8, 4) is 0 Å². The molecule has 0 saturated heterocycles. The smallest absolute Gasteiger partial charge is 0.129 e. The molecule has 2 N–H and O–H groups in total. The van der Waals surface area contributed by atoms with Crippen molar-refractivity contribution in [3.63, 3.8) is 0 Å². The minimum Gasteiger partial charge on any atom is -0.342 e. The molecule has 0 saturated carbocycles. The fourth-order valence-corrected chi connectivity index (χ4v) is 2.16. The maximum absolute atomic E-state index is 10.8. The summed E-state index contributed by atoms with van der Waals surface area (Å²) in [5.74, 6) is 1.22. The first-order valence-electron chi connectivity index (χ1n) is 6.80. The first-order valence-corrected chi connectivity index (χ1v) is 6.80. The number of rotatable bonds is 7. The third-order valence-electron chi connectivity index (χ3n) is 3.14. The van der Waals surface area contributed by atoms with Gasteiger partial charge in [-0.1, -0.05) is 6.07 Å². The molecule has 1 aromatic carbocycles. The van der Waals surface area contributed by atoms with Crippen molar-refractivity contribution in [1.29, 1.82) is 0 Å². The van der Waals surface area contributed by atoms with Crippen molar-refractivity contribution in [1.82, 2.24) is 15.3 Å². The van der Waals surface area contributed by atoms with Crippen LogP contribution in [0.4, 0.5) is 0 Å². The van der Waals surface area contributed by atoms with Crippen molar-refractivity contribution >= 4 is 16.8 Å². The van der Waals surface area contributed by atoms with Gasteiger partial charge in [0.05, 0.1) is 11.0 Å². The third-order valence-corrected chi connectivity index (χ3v) is 3.14. The second kappa shape index (κ2) is 6.48. The average Bonchev–Trinajstić information content (AvgIpc) is 2.72. The maximum atomic E-state index is 10.8. The SMILES string of the molecule is CC(=O)CCCNCCc1ccc2nc(C)[nH]c2c1. The second-order valence-corrected chi connectivity index (χ2v) is 4.98. The van der Waals surface area contributed by atoms with Crippen molar-refractivity contribution in [3.05, 3.63) is 29.6 Å². The lowest BCUT2D eigenvalue weighted by Gasteiger charge is -2.04. The summed E-state index contributed by atoms with van der Waals surface area (Å²) in [6, 6.07) is 6.34. The lowest BCUT2D eigenvalue weighted by molar-refractivity contribution is -0.117. The molecule has 0 amide bonds. The predicted molar refractivity (Wildman–Crippen MR) is 77.3 cm³/mol. The summed E-state index contributed by atoms with van der Waals surface area (Å²) in [5, 5.41) is 3.36. The number of benzene rings is 1. The highest BCUT2D eigenvalue weighted by Gasteiger charge is 2.00. The Kier molecular flexibility index (Phi) is 4.68. The second-order valence-electron chi connectivity index (χ2n) is 4.98. The fourth-order valence-electron chi connectivity index (χ4n) is 2.16. The summed E-state index contributed by atoms with van der Waals surface area (Å²) in [7, 11) is 0. The number of fused-ring (bicyclic) bond motifs is 1. The van der Waals surface area contributed by atoms with Gasteiger partial charge in [-0.05, 0) is 57.5 Å². The highest BCUT2D eigenvalue weighted by Crippen LogP contribution is 2.13. The van der Waals surface area contributed by atoms with Crippen molar-refractivity contribution in [2.45, 2.75) is 33.1 Å². The van der Waals surface area contributed by atoms with Crippen LogP contribution in [0.15, 0.2) is 18.2 Å². The monoisotopic (exact) mass is 259 g/mol. The van der Waals surface area contributed by atoms with Crippen molar-refractivity contribution < 1.29 is 4.79 Å². The highest BCUT2D eigenvalue weighted by molar-refractivity contribution is 5.76. The van der Waals surface area contributed by atoms with Gasteiger partial charge in [0.2, 0.25) is 0 Å². The molecule has 0 aliphatic rings. The summed E-state index contributed by atoms with van der Waals surface area (Å²) in [6.07, 6.45) is 2.59. The molecule has 2 aromatic rings. The zero-order chi connectivity index (χ0) is 13.7. The van der Waals surface area contributed by atoms with Gasteiger partial charge in [0, 0.05) is 6.42 Å². The number of aromatic amines is 1. The minimum absolute atomic E-state index is 0.266. The van der Waals surface area contributed by atoms with E-state index in [1.54, 1.807) is 6.92 Å². The van der Waals surface area contributed by atoms with Gasteiger partial charge in [-0.2, -0.15) is 0 Å². The van der Waals surface area contributed by atoms with E-state index in [4.69, 9.17) is 0 Å². The molecule has 1 heterocycles. The lowest BCUT2D eigenvalue weighted by atomic mass is 10.1. The maximum Gasteiger partial charge on any atom is 0.129 e. The quantitative estimate of drug-likeness (QED) is 0.751. The van der Waals surface area contributed by atoms with Crippen LogP contribution in [-0.4, -0.2) is 28.8 Å². The van der Waals surface area contributed by atoms with E-state index in [0.29, 0.717) is 6.42 Å². The number of aromatic nitrogens is 2. The number of hydrogen-bond acceptors (Lipinski definition) is 3. The molecule has 4 heteroatoms. The Balaban J connectivity index is 1.76. The van der Waals surface area contributed by atoms with Crippen LogP contribution in [0.5, 0.6) is 0 Å². The van der Waals surface area contributed by atoms with Crippen LogP contribution in [0.1, 0.15) is 31.2 Å². The molecule has 0 aliphatic heterocycles. The number of H-pyrrole nitrogens is 1. The number of ketones is 1. The lowest BCUT2D eigenvalue weighted by Crippen LogP contribution is -2.19. The van der Waals surface area contributed by atoms with E-state index in [-0.39, 0.29) is 5.78 Å². The number of carbonyl (C=O) groups excluding carboxylic acids is 1. The number of nitrogens with zero attached hydrogens (tertiary/aromatic N) is 1. The predicted octanol–water partition coefficient (Wildman–Crippen LogP) is 2.37. The first kappa shape index (κ1) is 13.7. The molecule has 2 rings (SSSR count). The van der Waals surface area contributed by atoms with Gasteiger partial charge >= 0.3 is 0 Å². The molecule has 0 bridgehead atoms. The summed E-state index contributed by atoms with van der Waals surface area (Å²) in [4.78, 5) is 18.4. The summed E-state index contributed by atoms with van der Waals surface area (Å²) in [5.41, 5.74) is 3.43. The summed E-state index contributed by atoms with van der Waals surface area (Å²) in [6.45, 7) is 5.46. The van der Waals surface area contributed by atoms with Gasteiger partial charge in [0.1, 0.15) is 11.6 Å². The van der Waals surface area contributed by atoms with Crippen LogP contribution in [0.2, 0.25) is 0 Å². The van der Waals surface area contributed by atoms with E-state index >= 15 is 0 Å². The Hall–Kier alpha value is -1.68. The molecule has 1 aromatic heterocycles. The van der Waals surface area contributed by atoms with Crippen LogP contribution in [0.25, 0.3) is 11.0 Å². The van der Waals surface area contributed by atoms with Crippen molar-refractivity contribution in [2.24, 2.45) is 0 Å². The van der Waals surface area contributed by atoms with Crippen molar-refractivity contribution in [2.75, 3.05) is 13.1 Å². The Morgan fingerprint density at radius 3 is 3.00 bits per heavy atom. The number of hydrogen-bond donors (Lipinski definition) is 2. The molecule has 102 valence electrons. The summed E-state index contributed by atoms with van der Waals surface area (Å²) >= 11 is 0. The van der Waals surface area contributed by atoms with Crippen LogP contribution < -0.4 is 5.32 Å². The molecular formula is C15H21N3O. The molecule has 0 atom stereocenters. The number of Topliss-reactive ketones (excluding diaryl/α,β-unsaturated/α-hetero) is 1. The number of aryl methyl sites for hydroxylation is 1. The Bertz CT molecular complexity index is 560. The van der Waals surface area contributed by atoms with Gasteiger partial charge in [-0.25, -0.2) is 4.98 Å². The van der Waals surface area contributed by atoms with Gasteiger partial charge in [0.15, 0.2) is 0 Å². The van der Waals surface area contributed by atoms with E-state index in [1.165, 1.54) is 5.56 Å². The molecule has 0 fully saturated rings. The summed E-state index contributed by atoms with van der Waals surface area (Å²) < 4.78 is 0. The first-order chi connectivity index (χ1) is 9.15. The molecule has 0 unspecified atom stereocenters. The highest BCUT2D eigenvalue weighted by atomic mass is 16.1. The van der Waals surface area contributed by atoms with Crippen LogP contribution in [0, 0.1) is 6.92 Å². The van der Waals surface area contributed by atoms with E-state index in [2.05, 4.69) is 33.5 Å².